The standard InChI is InChI=1S/C21H23N3O7/c1-6-29-20(25)17-11(2)18(22-12(17)3)21(26)30-10-16-23-19(24-31-16)14-8-7-13(27-4)9-15(14)28-5/h7-9,22H,6,10H2,1-5H3. The molecule has 0 amide bonds. The van der Waals surface area contributed by atoms with Crippen LogP contribution in [0.25, 0.3) is 11.4 Å². The molecule has 3 aromatic rings. The Kier molecular flexibility index (Phi) is 6.58. The molecule has 10 heteroatoms. The normalized spacial score (nSPS) is 10.6. The molecule has 164 valence electrons. The number of nitrogens with one attached hydrogen (secondary N) is 1. The van der Waals surface area contributed by atoms with Gasteiger partial charge in [0.1, 0.15) is 17.2 Å². The lowest BCUT2D eigenvalue weighted by molar-refractivity contribution is 0.0422. The first kappa shape index (κ1) is 21.9. The maximum absolute atomic E-state index is 12.5. The molecule has 2 aromatic heterocycles. The summed E-state index contributed by atoms with van der Waals surface area (Å²) in [5.41, 5.74) is 2.06. The molecule has 0 radical (unpaired) electrons. The van der Waals surface area contributed by atoms with Gasteiger partial charge in [-0.1, -0.05) is 5.16 Å². The van der Waals surface area contributed by atoms with E-state index < -0.39 is 11.9 Å². The van der Waals surface area contributed by atoms with Gasteiger partial charge in [-0.25, -0.2) is 9.59 Å². The van der Waals surface area contributed by atoms with E-state index in [1.54, 1.807) is 46.1 Å². The number of ether oxygens (including phenoxy) is 4. The van der Waals surface area contributed by atoms with E-state index in [-0.39, 0.29) is 30.6 Å². The van der Waals surface area contributed by atoms with Crippen molar-refractivity contribution in [3.8, 4) is 22.9 Å². The number of hydrogen-bond donors (Lipinski definition) is 1. The lowest BCUT2D eigenvalue weighted by atomic mass is 10.1. The fourth-order valence-electron chi connectivity index (χ4n) is 3.07. The Labute approximate surface area is 178 Å². The second kappa shape index (κ2) is 9.33. The summed E-state index contributed by atoms with van der Waals surface area (Å²) < 4.78 is 26.0. The average Bonchev–Trinajstić information content (AvgIpc) is 3.35. The minimum atomic E-state index is -0.655. The van der Waals surface area contributed by atoms with Crippen LogP contribution in [0.2, 0.25) is 0 Å². The van der Waals surface area contributed by atoms with Gasteiger partial charge in [0.25, 0.3) is 5.89 Å². The highest BCUT2D eigenvalue weighted by atomic mass is 16.6. The summed E-state index contributed by atoms with van der Waals surface area (Å²) in [7, 11) is 3.07. The van der Waals surface area contributed by atoms with Crippen LogP contribution in [0, 0.1) is 13.8 Å². The van der Waals surface area contributed by atoms with Crippen molar-refractivity contribution in [3.63, 3.8) is 0 Å². The topological polar surface area (TPSA) is 126 Å². The summed E-state index contributed by atoms with van der Waals surface area (Å²) in [6, 6.07) is 5.18. The molecule has 0 spiro atoms. The zero-order valence-electron chi connectivity index (χ0n) is 17.9. The Morgan fingerprint density at radius 2 is 1.87 bits per heavy atom. The van der Waals surface area contributed by atoms with E-state index in [4.69, 9.17) is 23.5 Å². The first-order valence-electron chi connectivity index (χ1n) is 9.47. The number of methoxy groups -OCH3 is 2. The number of aryl methyl sites for hydroxylation is 1. The third-order valence-electron chi connectivity index (χ3n) is 4.57. The zero-order chi connectivity index (χ0) is 22.5. The average molecular weight is 429 g/mol. The van der Waals surface area contributed by atoms with Gasteiger partial charge >= 0.3 is 11.9 Å². The van der Waals surface area contributed by atoms with Crippen molar-refractivity contribution in [2.75, 3.05) is 20.8 Å². The number of H-pyrrole nitrogens is 1. The molecule has 0 fully saturated rings. The fourth-order valence-corrected chi connectivity index (χ4v) is 3.07. The van der Waals surface area contributed by atoms with Crippen molar-refractivity contribution in [2.24, 2.45) is 0 Å². The van der Waals surface area contributed by atoms with Gasteiger partial charge < -0.3 is 28.5 Å². The van der Waals surface area contributed by atoms with Crippen LogP contribution in [0.5, 0.6) is 11.5 Å². The van der Waals surface area contributed by atoms with Crippen molar-refractivity contribution in [2.45, 2.75) is 27.4 Å². The van der Waals surface area contributed by atoms with Crippen LogP contribution in [-0.2, 0) is 16.1 Å². The summed E-state index contributed by atoms with van der Waals surface area (Å²) in [4.78, 5) is 31.7. The molecule has 0 atom stereocenters. The van der Waals surface area contributed by atoms with Gasteiger partial charge in [0.15, 0.2) is 6.61 Å². The Balaban J connectivity index is 1.72. The quantitative estimate of drug-likeness (QED) is 0.537. The Morgan fingerprint density at radius 1 is 1.10 bits per heavy atom. The summed E-state index contributed by atoms with van der Waals surface area (Å²) in [5.74, 6) is 0.361. The molecule has 0 aliphatic carbocycles. The van der Waals surface area contributed by atoms with E-state index in [1.807, 2.05) is 0 Å². The molecule has 0 aliphatic heterocycles. The summed E-state index contributed by atoms with van der Waals surface area (Å²) >= 11 is 0. The third-order valence-corrected chi connectivity index (χ3v) is 4.57. The number of aromatic nitrogens is 3. The summed E-state index contributed by atoms with van der Waals surface area (Å²) in [5, 5.41) is 3.91. The number of aromatic amines is 1. The van der Waals surface area contributed by atoms with Crippen molar-refractivity contribution < 1.29 is 33.1 Å². The highest BCUT2D eigenvalue weighted by Gasteiger charge is 2.24. The molecule has 3 rings (SSSR count). The number of esters is 2. The first-order chi connectivity index (χ1) is 14.9. The highest BCUT2D eigenvalue weighted by molar-refractivity contribution is 5.98. The lowest BCUT2D eigenvalue weighted by Gasteiger charge is -2.07. The van der Waals surface area contributed by atoms with Gasteiger partial charge in [0, 0.05) is 11.8 Å². The molecular formula is C21H23N3O7. The summed E-state index contributed by atoms with van der Waals surface area (Å²) in [6.45, 7) is 5.04. The molecule has 0 bridgehead atoms. The number of benzene rings is 1. The number of hydrogen-bond acceptors (Lipinski definition) is 9. The van der Waals surface area contributed by atoms with Gasteiger partial charge in [-0.05, 0) is 38.5 Å². The predicted molar refractivity (Wildman–Crippen MR) is 108 cm³/mol. The number of carbonyl (C=O) groups excluding carboxylic acids is 2. The smallest absolute Gasteiger partial charge is 0.355 e. The van der Waals surface area contributed by atoms with Gasteiger partial charge in [-0.2, -0.15) is 4.98 Å². The molecular weight excluding hydrogens is 406 g/mol. The van der Waals surface area contributed by atoms with E-state index in [0.29, 0.717) is 33.9 Å². The lowest BCUT2D eigenvalue weighted by Crippen LogP contribution is -2.09. The van der Waals surface area contributed by atoms with E-state index in [2.05, 4.69) is 15.1 Å². The van der Waals surface area contributed by atoms with Crippen molar-refractivity contribution in [1.29, 1.82) is 0 Å². The molecule has 31 heavy (non-hydrogen) atoms. The number of carbonyl (C=O) groups is 2. The van der Waals surface area contributed by atoms with Crippen LogP contribution in [0.1, 0.15) is 44.9 Å². The van der Waals surface area contributed by atoms with Crippen LogP contribution in [0.3, 0.4) is 0 Å². The number of rotatable bonds is 8. The molecule has 1 N–H and O–H groups in total. The highest BCUT2D eigenvalue weighted by Crippen LogP contribution is 2.31. The van der Waals surface area contributed by atoms with Crippen molar-refractivity contribution >= 4 is 11.9 Å². The molecule has 10 nitrogen and oxygen atoms in total. The van der Waals surface area contributed by atoms with Crippen LogP contribution in [0.15, 0.2) is 22.7 Å². The van der Waals surface area contributed by atoms with Crippen LogP contribution < -0.4 is 9.47 Å². The van der Waals surface area contributed by atoms with Crippen LogP contribution in [0.4, 0.5) is 0 Å². The Hall–Kier alpha value is -3.82. The Morgan fingerprint density at radius 3 is 2.55 bits per heavy atom. The molecule has 0 saturated carbocycles. The van der Waals surface area contributed by atoms with E-state index in [9.17, 15) is 9.59 Å². The zero-order valence-corrected chi connectivity index (χ0v) is 17.9. The van der Waals surface area contributed by atoms with Crippen molar-refractivity contribution in [3.05, 3.63) is 46.6 Å². The third kappa shape index (κ3) is 4.52. The maximum atomic E-state index is 12.5. The van der Waals surface area contributed by atoms with Gasteiger partial charge in [-0.3, -0.25) is 0 Å². The predicted octanol–water partition coefficient (Wildman–Crippen LogP) is 3.23. The largest absolute Gasteiger partial charge is 0.497 e. The molecule has 0 saturated heterocycles. The Bertz CT molecular complexity index is 1100. The van der Waals surface area contributed by atoms with Gasteiger partial charge in [-0.15, -0.1) is 0 Å². The van der Waals surface area contributed by atoms with E-state index in [1.165, 1.54) is 7.11 Å². The van der Waals surface area contributed by atoms with Crippen molar-refractivity contribution in [1.82, 2.24) is 15.1 Å². The first-order valence-corrected chi connectivity index (χ1v) is 9.47. The second-order valence-corrected chi connectivity index (χ2v) is 6.50. The van der Waals surface area contributed by atoms with E-state index >= 15 is 0 Å². The van der Waals surface area contributed by atoms with E-state index in [0.717, 1.165) is 0 Å². The summed E-state index contributed by atoms with van der Waals surface area (Å²) in [6.07, 6.45) is 0. The fraction of sp³-hybridized carbons (Fsp3) is 0.333. The SMILES string of the molecule is CCOC(=O)c1c(C)[nH]c(C(=O)OCc2nc(-c3ccc(OC)cc3OC)no2)c1C. The minimum Gasteiger partial charge on any atom is -0.497 e. The minimum absolute atomic E-state index is 0.104. The molecule has 1 aromatic carbocycles. The molecule has 2 heterocycles. The molecule has 0 unspecified atom stereocenters. The number of nitrogens with zero attached hydrogens (tertiary/aromatic N) is 2. The van der Waals surface area contributed by atoms with Gasteiger partial charge in [0.05, 0.1) is 32.0 Å². The van der Waals surface area contributed by atoms with Crippen LogP contribution in [-0.4, -0.2) is 47.9 Å². The maximum Gasteiger partial charge on any atom is 0.355 e. The molecule has 0 aliphatic rings. The second-order valence-electron chi connectivity index (χ2n) is 6.50. The van der Waals surface area contributed by atoms with Crippen LogP contribution >= 0.6 is 0 Å². The monoisotopic (exact) mass is 429 g/mol. The van der Waals surface area contributed by atoms with Gasteiger partial charge in [0.2, 0.25) is 5.82 Å².